The summed E-state index contributed by atoms with van der Waals surface area (Å²) in [5.74, 6) is 0.259. The van der Waals surface area contributed by atoms with Crippen molar-refractivity contribution in [3.8, 4) is 6.07 Å². The van der Waals surface area contributed by atoms with Crippen LogP contribution < -0.4 is 10.6 Å². The molecule has 4 aromatic rings. The summed E-state index contributed by atoms with van der Waals surface area (Å²) < 4.78 is 40.9. The molecule has 1 aromatic carbocycles. The van der Waals surface area contributed by atoms with E-state index in [4.69, 9.17) is 5.11 Å². The second kappa shape index (κ2) is 11.0. The highest BCUT2D eigenvalue weighted by Gasteiger charge is 2.68. The number of nitrogens with zero attached hydrogens (tertiary/aromatic N) is 5. The number of aromatic nitrogens is 3. The van der Waals surface area contributed by atoms with Crippen LogP contribution in [0.2, 0.25) is 0 Å². The number of hydrogen-bond donors (Lipinski definition) is 3. The summed E-state index contributed by atoms with van der Waals surface area (Å²) in [6.07, 6.45) is 0.539. The molecule has 4 heterocycles. The Labute approximate surface area is 262 Å². The van der Waals surface area contributed by atoms with Crippen LogP contribution in [0.4, 0.5) is 19.0 Å². The zero-order valence-electron chi connectivity index (χ0n) is 24.9. The molecule has 3 saturated carbocycles. The molecule has 236 valence electrons. The van der Waals surface area contributed by atoms with Crippen LogP contribution in [0.5, 0.6) is 0 Å². The van der Waals surface area contributed by atoms with Crippen LogP contribution in [0, 0.1) is 23.7 Å². The van der Waals surface area contributed by atoms with Gasteiger partial charge in [0.25, 0.3) is 0 Å². The second-order valence-electron chi connectivity index (χ2n) is 13.2. The molecule has 45 heavy (non-hydrogen) atoms. The molecule has 0 spiro atoms. The summed E-state index contributed by atoms with van der Waals surface area (Å²) in [5.41, 5.74) is 3.98. The first kappa shape index (κ1) is 30.0. The van der Waals surface area contributed by atoms with Gasteiger partial charge >= 0.3 is 6.18 Å². The molecule has 1 saturated heterocycles. The van der Waals surface area contributed by atoms with Gasteiger partial charge in [0.15, 0.2) is 0 Å². The summed E-state index contributed by atoms with van der Waals surface area (Å²) in [7, 11) is 0. The van der Waals surface area contributed by atoms with E-state index in [1.54, 1.807) is 6.07 Å². The Morgan fingerprint density at radius 2 is 1.93 bits per heavy atom. The fourth-order valence-electron chi connectivity index (χ4n) is 7.90. The maximum atomic E-state index is 12.9. The van der Waals surface area contributed by atoms with Gasteiger partial charge in [-0.3, -0.25) is 9.69 Å². The number of nitrogens with one attached hydrogen (secondary N) is 2. The van der Waals surface area contributed by atoms with Crippen molar-refractivity contribution in [2.24, 2.45) is 5.41 Å². The Balaban J connectivity index is 0.988. The Hall–Kier alpha value is -3.73. The topological polar surface area (TPSA) is 119 Å². The van der Waals surface area contributed by atoms with Crippen LogP contribution in [0.25, 0.3) is 21.1 Å². The fourth-order valence-corrected chi connectivity index (χ4v) is 8.93. The Morgan fingerprint density at radius 3 is 2.62 bits per heavy atom. The molecule has 9 nitrogen and oxygen atoms in total. The molecular formula is C32H34F3N7O2S. The number of aryl methyl sites for hydroxylation is 1. The van der Waals surface area contributed by atoms with E-state index in [9.17, 15) is 23.2 Å². The number of halogens is 3. The smallest absolute Gasteiger partial charge is 0.387 e. The van der Waals surface area contributed by atoms with Crippen LogP contribution in [0.1, 0.15) is 53.8 Å². The first-order chi connectivity index (χ1) is 21.5. The number of aliphatic hydroxyl groups is 1. The molecule has 8 rings (SSSR count). The normalized spacial score (nSPS) is 23.5. The van der Waals surface area contributed by atoms with E-state index in [0.29, 0.717) is 21.7 Å². The maximum Gasteiger partial charge on any atom is 0.393 e. The average molecular weight is 638 g/mol. The Kier molecular flexibility index (Phi) is 7.30. The van der Waals surface area contributed by atoms with Crippen LogP contribution in [-0.4, -0.2) is 67.9 Å². The minimum atomic E-state index is -4.26. The van der Waals surface area contributed by atoms with Crippen LogP contribution in [-0.2, 0) is 24.3 Å². The molecular weight excluding hydrogens is 603 g/mol. The summed E-state index contributed by atoms with van der Waals surface area (Å²) in [6, 6.07) is 10.4. The first-order valence-corrected chi connectivity index (χ1v) is 16.0. The van der Waals surface area contributed by atoms with Crippen molar-refractivity contribution in [3.05, 3.63) is 52.3 Å². The zero-order chi connectivity index (χ0) is 31.6. The van der Waals surface area contributed by atoms with Crippen LogP contribution in [0.3, 0.4) is 0 Å². The number of fused-ring (bicyclic) bond motifs is 2. The maximum absolute atomic E-state index is 12.9. The first-order valence-electron chi connectivity index (χ1n) is 15.2. The van der Waals surface area contributed by atoms with Gasteiger partial charge in [0.1, 0.15) is 35.3 Å². The molecule has 4 aliphatic rings. The molecule has 0 radical (unpaired) electrons. The number of piperidine rings is 1. The van der Waals surface area contributed by atoms with E-state index in [2.05, 4.69) is 55.2 Å². The third-order valence-electron chi connectivity index (χ3n) is 9.84. The van der Waals surface area contributed by atoms with Gasteiger partial charge in [-0.25, -0.2) is 9.97 Å². The SMILES string of the molecule is Cc1c(CN2CCC(Nc3ncnc4sc(CC(F)(F)F)cc34)CC2)ccc2c1cc(C#N)n2CC12CC(NC(=O)CO)(C1)C2. The number of hydrogen-bond acceptors (Lipinski definition) is 8. The van der Waals surface area contributed by atoms with Gasteiger partial charge in [-0.2, -0.15) is 18.4 Å². The predicted octanol–water partition coefficient (Wildman–Crippen LogP) is 5.04. The van der Waals surface area contributed by atoms with E-state index < -0.39 is 19.2 Å². The van der Waals surface area contributed by atoms with Gasteiger partial charge in [0, 0.05) is 53.5 Å². The zero-order valence-corrected chi connectivity index (χ0v) is 25.7. The molecule has 3 aromatic heterocycles. The molecule has 3 N–H and O–H groups in total. The molecule has 1 aliphatic heterocycles. The lowest BCUT2D eigenvalue weighted by Gasteiger charge is -2.70. The fraction of sp³-hybridized carbons (Fsp3) is 0.500. The molecule has 13 heteroatoms. The van der Waals surface area contributed by atoms with Gasteiger partial charge in [-0.05, 0) is 73.8 Å². The largest absolute Gasteiger partial charge is 0.393 e. The molecule has 0 unspecified atom stereocenters. The minimum absolute atomic E-state index is 0.0809. The number of carbonyl (C=O) groups is 1. The second-order valence-corrected chi connectivity index (χ2v) is 14.3. The van der Waals surface area contributed by atoms with E-state index in [-0.39, 0.29) is 27.8 Å². The average Bonchev–Trinajstić information content (AvgIpc) is 3.54. The highest BCUT2D eigenvalue weighted by molar-refractivity contribution is 7.18. The van der Waals surface area contributed by atoms with Gasteiger partial charge in [-0.1, -0.05) is 6.07 Å². The highest BCUT2D eigenvalue weighted by Crippen LogP contribution is 2.68. The number of carbonyl (C=O) groups excluding carboxylic acids is 1. The summed E-state index contributed by atoms with van der Waals surface area (Å²) in [4.78, 5) is 23.4. The summed E-state index contributed by atoms with van der Waals surface area (Å²) in [5, 5.41) is 27.2. The van der Waals surface area contributed by atoms with Gasteiger partial charge in [-0.15, -0.1) is 11.3 Å². The van der Waals surface area contributed by atoms with Crippen molar-refractivity contribution < 1.29 is 23.1 Å². The van der Waals surface area contributed by atoms with E-state index in [1.807, 2.05) is 6.07 Å². The molecule has 2 bridgehead atoms. The third kappa shape index (κ3) is 5.64. The van der Waals surface area contributed by atoms with Crippen molar-refractivity contribution in [1.82, 2.24) is 24.8 Å². The number of amides is 1. The number of anilines is 1. The standard InChI is InChI=1S/C32H34F3N7O2S/c1-19-20(2-3-26-24(19)8-22(11-36)42(26)17-30-14-31(15-30,16-30)40-27(44)13-43)12-41-6-4-21(5-7-41)39-28-25-9-23(10-32(33,34)35)45-29(25)38-18-37-28/h2-3,8-9,18,21,43H,4-7,10,12-17H2,1H3,(H,40,44)(H,37,38,39). The van der Waals surface area contributed by atoms with Crippen molar-refractivity contribution in [2.45, 2.75) is 76.3 Å². The molecule has 4 fully saturated rings. The Bertz CT molecular complexity index is 1810. The predicted molar refractivity (Wildman–Crippen MR) is 165 cm³/mol. The lowest BCUT2D eigenvalue weighted by molar-refractivity contribution is -0.172. The lowest BCUT2D eigenvalue weighted by atomic mass is 9.39. The summed E-state index contributed by atoms with van der Waals surface area (Å²) >= 11 is 1.06. The van der Waals surface area contributed by atoms with Gasteiger partial charge in [0.05, 0.1) is 11.8 Å². The quantitative estimate of drug-likeness (QED) is 0.235. The number of nitriles is 1. The highest BCUT2D eigenvalue weighted by atomic mass is 32.1. The number of alkyl halides is 3. The molecule has 3 aliphatic carbocycles. The lowest BCUT2D eigenvalue weighted by Crippen LogP contribution is -2.75. The minimum Gasteiger partial charge on any atom is -0.387 e. The number of thiophene rings is 1. The van der Waals surface area contributed by atoms with Gasteiger partial charge in [0.2, 0.25) is 5.91 Å². The van der Waals surface area contributed by atoms with Crippen LogP contribution in [0.15, 0.2) is 30.6 Å². The van der Waals surface area contributed by atoms with Crippen molar-refractivity contribution in [3.63, 3.8) is 0 Å². The summed E-state index contributed by atoms with van der Waals surface area (Å²) in [6.45, 7) is 4.89. The number of benzene rings is 1. The van der Waals surface area contributed by atoms with Crippen molar-refractivity contribution in [1.29, 1.82) is 5.26 Å². The number of likely N-dealkylation sites (tertiary alicyclic amines) is 1. The van der Waals surface area contributed by atoms with E-state index in [1.165, 1.54) is 17.5 Å². The van der Waals surface area contributed by atoms with E-state index in [0.717, 1.165) is 80.5 Å². The van der Waals surface area contributed by atoms with Gasteiger partial charge < -0.3 is 20.3 Å². The van der Waals surface area contributed by atoms with E-state index >= 15 is 0 Å². The monoisotopic (exact) mass is 637 g/mol. The molecule has 0 atom stereocenters. The molecule has 1 amide bonds. The van der Waals surface area contributed by atoms with Crippen LogP contribution >= 0.6 is 11.3 Å². The van der Waals surface area contributed by atoms with Crippen molar-refractivity contribution in [2.75, 3.05) is 25.0 Å². The van der Waals surface area contributed by atoms with Crippen molar-refractivity contribution >= 4 is 44.2 Å². The number of rotatable bonds is 9. The number of aliphatic hydroxyl groups excluding tert-OH is 1. The third-order valence-corrected chi connectivity index (χ3v) is 10.9. The Morgan fingerprint density at radius 1 is 1.18 bits per heavy atom.